The summed E-state index contributed by atoms with van der Waals surface area (Å²) in [5.41, 5.74) is 0.758. The van der Waals surface area contributed by atoms with E-state index in [-0.39, 0.29) is 37.7 Å². The van der Waals surface area contributed by atoms with Crippen molar-refractivity contribution in [3.8, 4) is 0 Å². The van der Waals surface area contributed by atoms with E-state index >= 15 is 0 Å². The van der Waals surface area contributed by atoms with Crippen molar-refractivity contribution in [1.29, 1.82) is 0 Å². The number of hydrogen-bond donors (Lipinski definition) is 2. The maximum absolute atomic E-state index is 12.6. The van der Waals surface area contributed by atoms with Crippen LogP contribution in [0.3, 0.4) is 0 Å². The van der Waals surface area contributed by atoms with Gasteiger partial charge in [0.25, 0.3) is 13.1 Å². The van der Waals surface area contributed by atoms with Crippen LogP contribution in [0, 0.1) is 10.1 Å². The van der Waals surface area contributed by atoms with Crippen LogP contribution in [0.4, 0.5) is 5.69 Å². The number of nitrogens with one attached hydrogen (secondary N) is 1. The lowest BCUT2D eigenvalue weighted by Crippen LogP contribution is -2.43. The van der Waals surface area contributed by atoms with Gasteiger partial charge in [-0.25, -0.2) is 0 Å². The Balaban J connectivity index is 1.94. The van der Waals surface area contributed by atoms with E-state index in [2.05, 4.69) is 5.32 Å². The van der Waals surface area contributed by atoms with E-state index in [1.54, 1.807) is 26.0 Å². The van der Waals surface area contributed by atoms with E-state index in [0.29, 0.717) is 6.54 Å². The molecule has 0 bridgehead atoms. The monoisotopic (exact) mass is 388 g/mol. The molecular weight excluding hydrogens is 363 g/mol. The summed E-state index contributed by atoms with van der Waals surface area (Å²) in [4.78, 5) is 20.7. The van der Waals surface area contributed by atoms with Gasteiger partial charge in [-0.05, 0) is 19.4 Å². The average molecular weight is 388 g/mol. The van der Waals surface area contributed by atoms with E-state index in [1.807, 2.05) is 0 Å². The molecule has 26 heavy (non-hydrogen) atoms. The molecule has 0 radical (unpaired) electrons. The zero-order valence-corrected chi connectivity index (χ0v) is 15.8. The lowest BCUT2D eigenvalue weighted by atomic mass is 10.1. The first kappa shape index (κ1) is 21.0. The maximum Gasteiger partial charge on any atom is 0.269 e. The normalized spacial score (nSPS) is 22.9. The standard InChI is InChI=1S/C16H25N2O7P/c1-3-23-16(24-4-2)26(21,22)11-14-9-17-15(10-25-14)12-6-5-7-13(8-12)18(19)20/h5-8,14-17H,3-4,9-11H2,1-2H3,(H,21,22). The second kappa shape index (κ2) is 9.55. The van der Waals surface area contributed by atoms with Gasteiger partial charge in [0.2, 0.25) is 6.03 Å². The zero-order valence-electron chi connectivity index (χ0n) is 14.9. The predicted molar refractivity (Wildman–Crippen MR) is 95.3 cm³/mol. The van der Waals surface area contributed by atoms with E-state index in [0.717, 1.165) is 5.56 Å². The molecule has 1 saturated heterocycles. The van der Waals surface area contributed by atoms with Gasteiger partial charge in [0.1, 0.15) is 0 Å². The van der Waals surface area contributed by atoms with Crippen LogP contribution >= 0.6 is 7.37 Å². The number of nitro groups is 1. The number of rotatable bonds is 9. The largest absolute Gasteiger partial charge is 0.374 e. The van der Waals surface area contributed by atoms with Crippen LogP contribution in [-0.2, 0) is 18.8 Å². The van der Waals surface area contributed by atoms with Crippen molar-refractivity contribution in [2.75, 3.05) is 32.5 Å². The molecule has 0 spiro atoms. The van der Waals surface area contributed by atoms with Crippen molar-refractivity contribution in [2.45, 2.75) is 32.0 Å². The van der Waals surface area contributed by atoms with Gasteiger partial charge in [0.15, 0.2) is 0 Å². The van der Waals surface area contributed by atoms with Gasteiger partial charge < -0.3 is 24.4 Å². The van der Waals surface area contributed by atoms with Crippen LogP contribution < -0.4 is 5.32 Å². The number of ether oxygens (including phenoxy) is 3. The first-order valence-corrected chi connectivity index (χ1v) is 10.4. The van der Waals surface area contributed by atoms with E-state index in [9.17, 15) is 19.6 Å². The summed E-state index contributed by atoms with van der Waals surface area (Å²) in [6, 6.07) is 4.97. The molecule has 10 heteroatoms. The minimum absolute atomic E-state index is 0.0163. The highest BCUT2D eigenvalue weighted by molar-refractivity contribution is 7.58. The first-order valence-electron chi connectivity index (χ1n) is 8.51. The molecule has 0 aliphatic carbocycles. The fourth-order valence-electron chi connectivity index (χ4n) is 2.75. The third kappa shape index (κ3) is 5.57. The molecule has 0 aromatic heterocycles. The number of nitro benzene ring substituents is 1. The minimum Gasteiger partial charge on any atom is -0.374 e. The first-order chi connectivity index (χ1) is 12.4. The predicted octanol–water partition coefficient (Wildman–Crippen LogP) is 2.25. The summed E-state index contributed by atoms with van der Waals surface area (Å²) in [6.07, 6.45) is -0.559. The van der Waals surface area contributed by atoms with Gasteiger partial charge in [-0.15, -0.1) is 0 Å². The fraction of sp³-hybridized carbons (Fsp3) is 0.625. The highest BCUT2D eigenvalue weighted by Gasteiger charge is 2.37. The molecule has 0 saturated carbocycles. The summed E-state index contributed by atoms with van der Waals surface area (Å²) in [5.74, 6) is 0. The van der Waals surface area contributed by atoms with Crippen molar-refractivity contribution < 1.29 is 28.6 Å². The SMILES string of the molecule is CCOC(OCC)P(=O)(O)CC1CNC(c2cccc([N+](=O)[O-])c2)CO1. The number of benzene rings is 1. The number of morpholine rings is 1. The van der Waals surface area contributed by atoms with Crippen LogP contribution in [0.5, 0.6) is 0 Å². The Labute approximate surface area is 152 Å². The molecule has 1 aliphatic rings. The van der Waals surface area contributed by atoms with Crippen LogP contribution in [0.1, 0.15) is 25.5 Å². The van der Waals surface area contributed by atoms with Crippen molar-refractivity contribution in [3.05, 3.63) is 39.9 Å². The van der Waals surface area contributed by atoms with Crippen LogP contribution in [0.25, 0.3) is 0 Å². The third-order valence-electron chi connectivity index (χ3n) is 3.99. The van der Waals surface area contributed by atoms with Crippen molar-refractivity contribution in [3.63, 3.8) is 0 Å². The van der Waals surface area contributed by atoms with E-state index in [1.165, 1.54) is 12.1 Å². The number of nitrogens with zero attached hydrogens (tertiary/aromatic N) is 1. The van der Waals surface area contributed by atoms with Crippen molar-refractivity contribution in [1.82, 2.24) is 5.32 Å². The third-order valence-corrected chi connectivity index (χ3v) is 5.87. The minimum atomic E-state index is -3.72. The molecular formula is C16H25N2O7P. The zero-order chi connectivity index (χ0) is 19.2. The molecule has 2 rings (SSSR count). The molecule has 1 aliphatic heterocycles. The Morgan fingerprint density at radius 1 is 1.42 bits per heavy atom. The maximum atomic E-state index is 12.6. The highest BCUT2D eigenvalue weighted by atomic mass is 31.2. The quantitative estimate of drug-likeness (QED) is 0.286. The van der Waals surface area contributed by atoms with Crippen molar-refractivity contribution >= 4 is 13.1 Å². The lowest BCUT2D eigenvalue weighted by Gasteiger charge is -2.32. The lowest BCUT2D eigenvalue weighted by molar-refractivity contribution is -0.384. The van der Waals surface area contributed by atoms with E-state index < -0.39 is 24.4 Å². The molecule has 1 aromatic rings. The molecule has 1 fully saturated rings. The molecule has 1 aromatic carbocycles. The van der Waals surface area contributed by atoms with Crippen LogP contribution in [0.2, 0.25) is 0 Å². The fourth-order valence-corrected chi connectivity index (χ4v) is 4.51. The summed E-state index contributed by atoms with van der Waals surface area (Å²) in [7, 11) is -3.72. The van der Waals surface area contributed by atoms with Gasteiger partial charge in [0, 0.05) is 31.9 Å². The smallest absolute Gasteiger partial charge is 0.269 e. The Morgan fingerprint density at radius 2 is 2.12 bits per heavy atom. The van der Waals surface area contributed by atoms with Gasteiger partial charge >= 0.3 is 0 Å². The van der Waals surface area contributed by atoms with Gasteiger partial charge in [-0.3, -0.25) is 14.7 Å². The summed E-state index contributed by atoms with van der Waals surface area (Å²) < 4.78 is 28.7. The summed E-state index contributed by atoms with van der Waals surface area (Å²) >= 11 is 0. The Morgan fingerprint density at radius 3 is 2.65 bits per heavy atom. The number of non-ortho nitro benzene ring substituents is 1. The molecule has 3 unspecified atom stereocenters. The van der Waals surface area contributed by atoms with Crippen LogP contribution in [0.15, 0.2) is 24.3 Å². The Kier molecular flexibility index (Phi) is 7.69. The average Bonchev–Trinajstić information content (AvgIpc) is 2.62. The Hall–Kier alpha value is -1.35. The summed E-state index contributed by atoms with van der Waals surface area (Å²) in [6.45, 7) is 4.60. The van der Waals surface area contributed by atoms with Gasteiger partial charge in [-0.1, -0.05) is 12.1 Å². The van der Waals surface area contributed by atoms with Crippen molar-refractivity contribution in [2.24, 2.45) is 0 Å². The van der Waals surface area contributed by atoms with Gasteiger partial charge in [-0.2, -0.15) is 0 Å². The molecule has 146 valence electrons. The molecule has 0 amide bonds. The van der Waals surface area contributed by atoms with Crippen LogP contribution in [-0.4, -0.2) is 54.5 Å². The topological polar surface area (TPSA) is 120 Å². The molecule has 3 atom stereocenters. The molecule has 9 nitrogen and oxygen atoms in total. The second-order valence-corrected chi connectivity index (χ2v) is 8.22. The van der Waals surface area contributed by atoms with E-state index in [4.69, 9.17) is 14.2 Å². The Bertz CT molecular complexity index is 643. The van der Waals surface area contributed by atoms with Gasteiger partial charge in [0.05, 0.1) is 29.8 Å². The molecule has 2 N–H and O–H groups in total. The summed E-state index contributed by atoms with van der Waals surface area (Å²) in [5, 5.41) is 14.1. The highest BCUT2D eigenvalue weighted by Crippen LogP contribution is 2.48. The second-order valence-electron chi connectivity index (χ2n) is 5.92. The molecule has 1 heterocycles. The number of hydrogen-bond acceptors (Lipinski definition) is 7.